The fourth-order valence-electron chi connectivity index (χ4n) is 3.13. The van der Waals surface area contributed by atoms with Crippen LogP contribution in [-0.4, -0.2) is 60.9 Å². The summed E-state index contributed by atoms with van der Waals surface area (Å²) in [6, 6.07) is 11.0. The number of hydrogen-bond acceptors (Lipinski definition) is 4. The normalized spacial score (nSPS) is 14.5. The number of halogens is 2. The van der Waals surface area contributed by atoms with E-state index in [2.05, 4.69) is 5.32 Å². The number of ether oxygens (including phenoxy) is 1. The van der Waals surface area contributed by atoms with Crippen LogP contribution in [0.15, 0.2) is 42.5 Å². The minimum atomic E-state index is -0.397. The molecule has 1 aliphatic heterocycles. The third-order valence-corrected chi connectivity index (χ3v) is 4.92. The van der Waals surface area contributed by atoms with Crippen molar-refractivity contribution in [2.45, 2.75) is 6.92 Å². The molecule has 0 spiro atoms. The maximum absolute atomic E-state index is 13.2. The Morgan fingerprint density at radius 3 is 2.59 bits per heavy atom. The molecule has 0 atom stereocenters. The third-order valence-electron chi connectivity index (χ3n) is 4.69. The molecule has 3 rings (SSSR count). The molecule has 6 nitrogen and oxygen atoms in total. The second kappa shape index (κ2) is 9.71. The van der Waals surface area contributed by atoms with Gasteiger partial charge < -0.3 is 15.0 Å². The average molecular weight is 420 g/mol. The molecule has 2 aromatic carbocycles. The van der Waals surface area contributed by atoms with Gasteiger partial charge in [0.05, 0.1) is 6.54 Å². The van der Waals surface area contributed by atoms with Gasteiger partial charge in [-0.3, -0.25) is 14.5 Å². The van der Waals surface area contributed by atoms with Crippen LogP contribution >= 0.6 is 11.6 Å². The van der Waals surface area contributed by atoms with Gasteiger partial charge in [-0.05, 0) is 48.9 Å². The lowest BCUT2D eigenvalue weighted by molar-refractivity contribution is -0.135. The lowest BCUT2D eigenvalue weighted by atomic mass is 10.2. The number of piperazine rings is 1. The van der Waals surface area contributed by atoms with Gasteiger partial charge in [-0.2, -0.15) is 0 Å². The molecular formula is C21H23ClFN3O3. The maximum Gasteiger partial charge on any atom is 0.260 e. The van der Waals surface area contributed by atoms with Gasteiger partial charge in [0.25, 0.3) is 5.91 Å². The Bertz CT molecular complexity index is 885. The van der Waals surface area contributed by atoms with Crippen molar-refractivity contribution < 1.29 is 18.7 Å². The Kier molecular flexibility index (Phi) is 7.06. The summed E-state index contributed by atoms with van der Waals surface area (Å²) >= 11 is 5.92. The Balaban J connectivity index is 1.41. The highest BCUT2D eigenvalue weighted by molar-refractivity contribution is 6.30. The number of nitrogens with one attached hydrogen (secondary N) is 1. The standard InChI is InChI=1S/C21H23ClFN3O3/c1-15-11-16(22)5-6-19(15)29-14-21(28)26-9-7-25(8-10-26)13-20(27)24-18-4-2-3-17(23)12-18/h2-6,11-12H,7-10,13-14H2,1H3,(H,24,27). The van der Waals surface area contributed by atoms with Gasteiger partial charge in [0.15, 0.2) is 6.61 Å². The molecule has 1 heterocycles. The summed E-state index contributed by atoms with van der Waals surface area (Å²) < 4.78 is 18.8. The molecule has 2 amide bonds. The summed E-state index contributed by atoms with van der Waals surface area (Å²) in [5.41, 5.74) is 1.30. The van der Waals surface area contributed by atoms with Crippen LogP contribution in [0.2, 0.25) is 5.02 Å². The van der Waals surface area contributed by atoms with E-state index in [1.807, 2.05) is 11.8 Å². The van der Waals surface area contributed by atoms with Crippen LogP contribution < -0.4 is 10.1 Å². The highest BCUT2D eigenvalue weighted by atomic mass is 35.5. The molecule has 0 unspecified atom stereocenters. The first kappa shape index (κ1) is 21.1. The van der Waals surface area contributed by atoms with Gasteiger partial charge in [-0.25, -0.2) is 4.39 Å². The molecule has 0 radical (unpaired) electrons. The van der Waals surface area contributed by atoms with E-state index >= 15 is 0 Å². The van der Waals surface area contributed by atoms with Crippen molar-refractivity contribution in [1.82, 2.24) is 9.80 Å². The molecule has 0 saturated carbocycles. The van der Waals surface area contributed by atoms with Gasteiger partial charge in [0.2, 0.25) is 5.91 Å². The van der Waals surface area contributed by atoms with Crippen LogP contribution in [0.4, 0.5) is 10.1 Å². The Labute approximate surface area is 174 Å². The second-order valence-electron chi connectivity index (χ2n) is 6.91. The molecule has 1 aliphatic rings. The quantitative estimate of drug-likeness (QED) is 0.782. The van der Waals surface area contributed by atoms with E-state index in [0.717, 1.165) is 5.56 Å². The highest BCUT2D eigenvalue weighted by Gasteiger charge is 2.23. The van der Waals surface area contributed by atoms with Crippen LogP contribution in [0, 0.1) is 12.7 Å². The van der Waals surface area contributed by atoms with Crippen LogP contribution in [0.5, 0.6) is 5.75 Å². The number of benzene rings is 2. The summed E-state index contributed by atoms with van der Waals surface area (Å²) in [5.74, 6) is -0.0681. The topological polar surface area (TPSA) is 61.9 Å². The zero-order valence-corrected chi connectivity index (χ0v) is 16.9. The van der Waals surface area contributed by atoms with E-state index < -0.39 is 5.82 Å². The molecule has 154 valence electrons. The largest absolute Gasteiger partial charge is 0.483 e. The van der Waals surface area contributed by atoms with E-state index in [-0.39, 0.29) is 25.0 Å². The first-order valence-corrected chi connectivity index (χ1v) is 9.73. The molecule has 1 fully saturated rings. The summed E-state index contributed by atoms with van der Waals surface area (Å²) in [6.45, 7) is 4.25. The fraction of sp³-hybridized carbons (Fsp3) is 0.333. The molecule has 0 aromatic heterocycles. The Morgan fingerprint density at radius 2 is 1.90 bits per heavy atom. The van der Waals surface area contributed by atoms with Crippen molar-refractivity contribution in [2.75, 3.05) is 44.6 Å². The Hall–Kier alpha value is -2.64. The summed E-state index contributed by atoms with van der Waals surface area (Å²) in [7, 11) is 0. The molecule has 0 bridgehead atoms. The van der Waals surface area contributed by atoms with Crippen molar-refractivity contribution in [3.8, 4) is 5.75 Å². The number of rotatable bonds is 6. The number of anilines is 1. The number of amides is 2. The van der Waals surface area contributed by atoms with E-state index in [0.29, 0.717) is 42.6 Å². The number of carbonyl (C=O) groups excluding carboxylic acids is 2. The van der Waals surface area contributed by atoms with Crippen LogP contribution in [0.3, 0.4) is 0 Å². The van der Waals surface area contributed by atoms with Crippen LogP contribution in [0.25, 0.3) is 0 Å². The fourth-order valence-corrected chi connectivity index (χ4v) is 3.36. The minimum absolute atomic E-state index is 0.0392. The lowest BCUT2D eigenvalue weighted by Gasteiger charge is -2.34. The number of nitrogens with zero attached hydrogens (tertiary/aromatic N) is 2. The Morgan fingerprint density at radius 1 is 1.14 bits per heavy atom. The van der Waals surface area contributed by atoms with Crippen LogP contribution in [-0.2, 0) is 9.59 Å². The van der Waals surface area contributed by atoms with Crippen molar-refractivity contribution in [3.05, 3.63) is 58.9 Å². The van der Waals surface area contributed by atoms with Crippen molar-refractivity contribution in [2.24, 2.45) is 0 Å². The molecule has 0 aliphatic carbocycles. The summed E-state index contributed by atoms with van der Waals surface area (Å²) in [6.07, 6.45) is 0. The van der Waals surface area contributed by atoms with E-state index in [1.54, 1.807) is 35.2 Å². The second-order valence-corrected chi connectivity index (χ2v) is 7.35. The van der Waals surface area contributed by atoms with E-state index in [4.69, 9.17) is 16.3 Å². The van der Waals surface area contributed by atoms with Crippen molar-refractivity contribution in [3.63, 3.8) is 0 Å². The van der Waals surface area contributed by atoms with Gasteiger partial charge in [0.1, 0.15) is 11.6 Å². The molecule has 2 aromatic rings. The van der Waals surface area contributed by atoms with Gasteiger partial charge in [0, 0.05) is 36.9 Å². The highest BCUT2D eigenvalue weighted by Crippen LogP contribution is 2.21. The van der Waals surface area contributed by atoms with Crippen molar-refractivity contribution >= 4 is 29.1 Å². The maximum atomic E-state index is 13.2. The molecule has 29 heavy (non-hydrogen) atoms. The summed E-state index contributed by atoms with van der Waals surface area (Å²) in [4.78, 5) is 28.2. The third kappa shape index (κ3) is 6.17. The van der Waals surface area contributed by atoms with E-state index in [9.17, 15) is 14.0 Å². The lowest BCUT2D eigenvalue weighted by Crippen LogP contribution is -2.51. The van der Waals surface area contributed by atoms with E-state index in [1.165, 1.54) is 12.1 Å². The average Bonchev–Trinajstić information content (AvgIpc) is 2.67. The monoisotopic (exact) mass is 419 g/mol. The van der Waals surface area contributed by atoms with Gasteiger partial charge >= 0.3 is 0 Å². The van der Waals surface area contributed by atoms with Crippen molar-refractivity contribution in [1.29, 1.82) is 0 Å². The zero-order valence-electron chi connectivity index (χ0n) is 16.2. The van der Waals surface area contributed by atoms with Crippen LogP contribution in [0.1, 0.15) is 5.56 Å². The molecule has 8 heteroatoms. The number of aryl methyl sites for hydroxylation is 1. The number of carbonyl (C=O) groups is 2. The smallest absolute Gasteiger partial charge is 0.260 e. The predicted molar refractivity (Wildman–Crippen MR) is 110 cm³/mol. The minimum Gasteiger partial charge on any atom is -0.483 e. The van der Waals surface area contributed by atoms with Gasteiger partial charge in [-0.1, -0.05) is 17.7 Å². The zero-order chi connectivity index (χ0) is 20.8. The predicted octanol–water partition coefficient (Wildman–Crippen LogP) is 2.95. The number of hydrogen-bond donors (Lipinski definition) is 1. The van der Waals surface area contributed by atoms with Gasteiger partial charge in [-0.15, -0.1) is 0 Å². The molecule has 1 saturated heterocycles. The molecular weight excluding hydrogens is 397 g/mol. The SMILES string of the molecule is Cc1cc(Cl)ccc1OCC(=O)N1CCN(CC(=O)Nc2cccc(F)c2)CC1. The summed E-state index contributed by atoms with van der Waals surface area (Å²) in [5, 5.41) is 3.30. The molecule has 1 N–H and O–H groups in total. The first-order valence-electron chi connectivity index (χ1n) is 9.35. The first-order chi connectivity index (χ1) is 13.9.